The van der Waals surface area contributed by atoms with Crippen LogP contribution in [0.15, 0.2) is 52.2 Å². The van der Waals surface area contributed by atoms with Crippen molar-refractivity contribution in [2.24, 2.45) is 7.05 Å². The van der Waals surface area contributed by atoms with Crippen LogP contribution in [-0.2, 0) is 11.8 Å². The number of nitrogens with one attached hydrogen (secondary N) is 1. The average molecular weight is 339 g/mol. The average Bonchev–Trinajstić information content (AvgIpc) is 3.23. The number of thioether (sulfide) groups is 1. The van der Waals surface area contributed by atoms with Crippen LogP contribution in [0.3, 0.4) is 0 Å². The van der Waals surface area contributed by atoms with Crippen LogP contribution < -0.4 is 5.32 Å². The maximum absolute atomic E-state index is 12.1. The van der Waals surface area contributed by atoms with E-state index in [2.05, 4.69) is 15.5 Å². The number of rotatable bonds is 5. The zero-order valence-electron chi connectivity index (χ0n) is 12.8. The zero-order valence-corrected chi connectivity index (χ0v) is 13.6. The Labute approximate surface area is 142 Å². The van der Waals surface area contributed by atoms with Gasteiger partial charge in [0.1, 0.15) is 6.07 Å². The molecule has 7 nitrogen and oxygen atoms in total. The Morgan fingerprint density at radius 3 is 2.92 bits per heavy atom. The normalized spacial score (nSPS) is 10.3. The van der Waals surface area contributed by atoms with Crippen molar-refractivity contribution in [1.82, 2.24) is 14.8 Å². The van der Waals surface area contributed by atoms with Gasteiger partial charge in [-0.15, -0.1) is 10.2 Å². The lowest BCUT2D eigenvalue weighted by Crippen LogP contribution is -2.15. The number of carbonyl (C=O) groups excluding carboxylic acids is 1. The van der Waals surface area contributed by atoms with Crippen LogP contribution in [0.4, 0.5) is 5.69 Å². The molecule has 2 aromatic heterocycles. The molecule has 1 amide bonds. The Kier molecular flexibility index (Phi) is 4.63. The molecular weight excluding hydrogens is 326 g/mol. The summed E-state index contributed by atoms with van der Waals surface area (Å²) in [7, 11) is 1.81. The molecule has 0 aliphatic rings. The lowest BCUT2D eigenvalue weighted by atomic mass is 10.2. The van der Waals surface area contributed by atoms with Crippen molar-refractivity contribution in [2.75, 3.05) is 11.1 Å². The van der Waals surface area contributed by atoms with E-state index >= 15 is 0 Å². The molecule has 0 fully saturated rings. The first-order valence-corrected chi connectivity index (χ1v) is 8.02. The second-order valence-electron chi connectivity index (χ2n) is 4.84. The molecule has 0 bridgehead atoms. The van der Waals surface area contributed by atoms with Crippen LogP contribution in [-0.4, -0.2) is 26.4 Å². The number of hydrogen-bond donors (Lipinski definition) is 1. The van der Waals surface area contributed by atoms with Gasteiger partial charge < -0.3 is 14.3 Å². The number of para-hydroxylation sites is 1. The minimum absolute atomic E-state index is 0.157. The molecule has 24 heavy (non-hydrogen) atoms. The van der Waals surface area contributed by atoms with Gasteiger partial charge in [0, 0.05) is 7.05 Å². The minimum Gasteiger partial charge on any atom is -0.461 e. The molecule has 0 aliphatic heterocycles. The molecular formula is C16H13N5O2S. The van der Waals surface area contributed by atoms with E-state index in [1.807, 2.05) is 13.1 Å². The molecule has 3 aromatic rings. The van der Waals surface area contributed by atoms with E-state index in [4.69, 9.17) is 9.68 Å². The fraction of sp³-hybridized carbons (Fsp3) is 0.125. The van der Waals surface area contributed by atoms with Crippen molar-refractivity contribution < 1.29 is 9.21 Å². The quantitative estimate of drug-likeness (QED) is 0.718. The van der Waals surface area contributed by atoms with Gasteiger partial charge in [-0.1, -0.05) is 23.9 Å². The molecule has 1 aromatic carbocycles. The van der Waals surface area contributed by atoms with E-state index in [0.717, 1.165) is 0 Å². The monoisotopic (exact) mass is 339 g/mol. The summed E-state index contributed by atoms with van der Waals surface area (Å²) in [5, 5.41) is 20.5. The van der Waals surface area contributed by atoms with Gasteiger partial charge in [0.05, 0.1) is 23.3 Å². The van der Waals surface area contributed by atoms with Gasteiger partial charge in [0.15, 0.2) is 16.7 Å². The highest BCUT2D eigenvalue weighted by molar-refractivity contribution is 7.99. The summed E-state index contributed by atoms with van der Waals surface area (Å²) in [4.78, 5) is 12.1. The fourth-order valence-electron chi connectivity index (χ4n) is 2.07. The van der Waals surface area contributed by atoms with Crippen LogP contribution in [0.25, 0.3) is 11.6 Å². The van der Waals surface area contributed by atoms with E-state index in [1.54, 1.807) is 47.2 Å². The fourth-order valence-corrected chi connectivity index (χ4v) is 2.78. The van der Waals surface area contributed by atoms with Crippen molar-refractivity contribution in [2.45, 2.75) is 5.16 Å². The first-order chi connectivity index (χ1) is 11.7. The third-order valence-electron chi connectivity index (χ3n) is 3.23. The molecule has 2 heterocycles. The highest BCUT2D eigenvalue weighted by atomic mass is 32.2. The molecule has 0 aliphatic carbocycles. The van der Waals surface area contributed by atoms with Gasteiger partial charge >= 0.3 is 0 Å². The van der Waals surface area contributed by atoms with Gasteiger partial charge in [-0.2, -0.15) is 5.26 Å². The highest BCUT2D eigenvalue weighted by Crippen LogP contribution is 2.23. The number of carbonyl (C=O) groups is 1. The molecule has 0 atom stereocenters. The summed E-state index contributed by atoms with van der Waals surface area (Å²) < 4.78 is 7.07. The van der Waals surface area contributed by atoms with Crippen LogP contribution in [0.5, 0.6) is 0 Å². The SMILES string of the molecule is Cn1c(SCC(=O)Nc2ccccc2C#N)nnc1-c1ccco1. The van der Waals surface area contributed by atoms with Crippen molar-refractivity contribution in [3.05, 3.63) is 48.2 Å². The lowest BCUT2D eigenvalue weighted by molar-refractivity contribution is -0.113. The van der Waals surface area contributed by atoms with Gasteiger partial charge in [-0.25, -0.2) is 0 Å². The van der Waals surface area contributed by atoms with Crippen molar-refractivity contribution in [3.63, 3.8) is 0 Å². The van der Waals surface area contributed by atoms with Crippen molar-refractivity contribution in [1.29, 1.82) is 5.26 Å². The van der Waals surface area contributed by atoms with E-state index < -0.39 is 0 Å². The second-order valence-corrected chi connectivity index (χ2v) is 5.78. The minimum atomic E-state index is -0.217. The van der Waals surface area contributed by atoms with Crippen molar-refractivity contribution in [3.8, 4) is 17.7 Å². The zero-order chi connectivity index (χ0) is 16.9. The first-order valence-electron chi connectivity index (χ1n) is 7.04. The summed E-state index contributed by atoms with van der Waals surface area (Å²) in [6.07, 6.45) is 1.57. The Balaban J connectivity index is 1.64. The first kappa shape index (κ1) is 15.8. The molecule has 120 valence electrons. The third kappa shape index (κ3) is 3.31. The molecule has 0 radical (unpaired) electrons. The molecule has 0 unspecified atom stereocenters. The number of amides is 1. The number of hydrogen-bond acceptors (Lipinski definition) is 6. The summed E-state index contributed by atoms with van der Waals surface area (Å²) in [5.74, 6) is 1.15. The largest absolute Gasteiger partial charge is 0.461 e. The summed E-state index contributed by atoms with van der Waals surface area (Å²) in [5.41, 5.74) is 0.925. The van der Waals surface area contributed by atoms with E-state index in [1.165, 1.54) is 11.8 Å². The number of anilines is 1. The Morgan fingerprint density at radius 2 is 2.17 bits per heavy atom. The summed E-state index contributed by atoms with van der Waals surface area (Å²) >= 11 is 1.26. The predicted molar refractivity (Wildman–Crippen MR) is 89.2 cm³/mol. The van der Waals surface area contributed by atoms with Gasteiger partial charge in [-0.3, -0.25) is 4.79 Å². The van der Waals surface area contributed by atoms with Crippen molar-refractivity contribution >= 4 is 23.4 Å². The Bertz CT molecular complexity index is 896. The summed E-state index contributed by atoms with van der Waals surface area (Å²) in [6.45, 7) is 0. The van der Waals surface area contributed by atoms with Crippen LogP contribution in [0.1, 0.15) is 5.56 Å². The van der Waals surface area contributed by atoms with Gasteiger partial charge in [-0.05, 0) is 24.3 Å². The van der Waals surface area contributed by atoms with Gasteiger partial charge in [0.2, 0.25) is 5.91 Å². The smallest absolute Gasteiger partial charge is 0.234 e. The number of aromatic nitrogens is 3. The van der Waals surface area contributed by atoms with E-state index in [0.29, 0.717) is 28.0 Å². The molecule has 3 rings (SSSR count). The number of furan rings is 1. The van der Waals surface area contributed by atoms with E-state index in [9.17, 15) is 4.79 Å². The maximum atomic E-state index is 12.1. The molecule has 0 spiro atoms. The topological polar surface area (TPSA) is 96.7 Å². The second kappa shape index (κ2) is 7.02. The lowest BCUT2D eigenvalue weighted by Gasteiger charge is -2.06. The van der Waals surface area contributed by atoms with Crippen LogP contribution >= 0.6 is 11.8 Å². The highest BCUT2D eigenvalue weighted by Gasteiger charge is 2.15. The number of nitrogens with zero attached hydrogens (tertiary/aromatic N) is 4. The third-order valence-corrected chi connectivity index (χ3v) is 4.25. The standard InChI is InChI=1S/C16H13N5O2S/c1-21-15(13-7-4-8-23-13)19-20-16(21)24-10-14(22)18-12-6-3-2-5-11(12)9-17/h2-8H,10H2,1H3,(H,18,22). The van der Waals surface area contributed by atoms with Crippen LogP contribution in [0.2, 0.25) is 0 Å². The number of benzene rings is 1. The number of nitriles is 1. The predicted octanol–water partition coefficient (Wildman–Crippen LogP) is 2.68. The molecule has 0 saturated carbocycles. The molecule has 1 N–H and O–H groups in total. The van der Waals surface area contributed by atoms with Gasteiger partial charge in [0.25, 0.3) is 0 Å². The molecule has 8 heteroatoms. The maximum Gasteiger partial charge on any atom is 0.234 e. The summed E-state index contributed by atoms with van der Waals surface area (Å²) in [6, 6.07) is 12.5. The molecule has 0 saturated heterocycles. The van der Waals surface area contributed by atoms with Crippen LogP contribution in [0, 0.1) is 11.3 Å². The Hall–Kier alpha value is -3.05. The van der Waals surface area contributed by atoms with E-state index in [-0.39, 0.29) is 11.7 Å². The Morgan fingerprint density at radius 1 is 1.33 bits per heavy atom.